The zero-order valence-electron chi connectivity index (χ0n) is 45.8. The Balaban J connectivity index is -0.000000780. The molecule has 0 radical (unpaired) electrons. The van der Waals surface area contributed by atoms with Crippen LogP contribution in [0, 0.1) is 17.8 Å². The number of hydrogen-bond acceptors (Lipinski definition) is 11. The van der Waals surface area contributed by atoms with Gasteiger partial charge in [-0.2, -0.15) is 0 Å². The predicted octanol–water partition coefficient (Wildman–Crippen LogP) is 9.68. The summed E-state index contributed by atoms with van der Waals surface area (Å²) in [5, 5.41) is 5.25. The summed E-state index contributed by atoms with van der Waals surface area (Å²) in [7, 11) is 5.67. The van der Waals surface area contributed by atoms with Crippen molar-refractivity contribution < 1.29 is 47.6 Å². The Morgan fingerprint density at radius 3 is 2.07 bits per heavy atom. The van der Waals surface area contributed by atoms with Crippen LogP contribution >= 0.6 is 8.38 Å². The highest BCUT2D eigenvalue weighted by atomic mass is 31.2. The van der Waals surface area contributed by atoms with Crippen LogP contribution in [0.25, 0.3) is 0 Å². The molecule has 9 unspecified atom stereocenters. The molecule has 3 aliphatic rings. The lowest BCUT2D eigenvalue weighted by Gasteiger charge is -2.37. The Morgan fingerprint density at radius 2 is 1.63 bits per heavy atom. The summed E-state index contributed by atoms with van der Waals surface area (Å²) in [6, 6.07) is 0.405. The number of ether oxygens (including phenoxy) is 3. The van der Waals surface area contributed by atoms with E-state index in [4.69, 9.17) is 23.6 Å². The average Bonchev–Trinajstić information content (AvgIpc) is 4.07. The van der Waals surface area contributed by atoms with E-state index in [0.717, 1.165) is 77.0 Å². The standard InChI is InChI=1S/C13H28N2O2.C12H19NO3.C10H19NO2.C8H12.C6H14NO3P.C3H8/c1-7-10(3)13(11(8-2)17-6)15(5)12(16)9-14-4;1-12(2,3)16-11(15)13-9-5-4-8(6-9)10(13)7-14;1-8(2)10(13-3)9-5-4-6-11(9)7-12;1-4-6-7-8(3)5-2;1-2-3-4-10-11(9)6-7-5-8;1-3-2/h10-11,13-14H,7-9H2,1-6H3;7-10H,4-6H2,1-3H3;7-10H,4-6H2,1-3H3;4-7H,1H2,2-3H3;5,9H,2-4,6H2,1H3,(H,7,8);3H2,1-2H3/b;;;7-6-,8-5-;;. The first-order valence-corrected chi connectivity index (χ1v) is 26.4. The highest BCUT2D eigenvalue weighted by molar-refractivity contribution is 7.46. The third-order valence-electron chi connectivity index (χ3n) is 11.7. The molecule has 0 aromatic carbocycles. The van der Waals surface area contributed by atoms with Gasteiger partial charge in [0.2, 0.25) is 18.7 Å². The molecule has 0 aromatic heterocycles. The molecule has 1 aliphatic carbocycles. The minimum absolute atomic E-state index is 0.107. The Hall–Kier alpha value is -3.20. The number of aldehydes is 1. The molecule has 4 amide bonds. The maximum Gasteiger partial charge on any atom is 0.411 e. The lowest BCUT2D eigenvalue weighted by Crippen LogP contribution is -2.50. The van der Waals surface area contributed by atoms with Gasteiger partial charge in [-0.1, -0.05) is 111 Å². The van der Waals surface area contributed by atoms with E-state index in [-0.39, 0.29) is 48.6 Å². The number of hydrogen-bond donors (Lipinski definition) is 3. The minimum Gasteiger partial charge on any atom is -0.444 e. The topological polar surface area (TPSA) is 176 Å². The van der Waals surface area contributed by atoms with Crippen LogP contribution in [0.4, 0.5) is 4.79 Å². The van der Waals surface area contributed by atoms with Crippen LogP contribution in [0.5, 0.6) is 0 Å². The molecule has 398 valence electrons. The zero-order chi connectivity index (χ0) is 52.8. The SMILES string of the molecule is C=C/C=C\C(C)=C/C.CC(C)(C)OC(=O)N1C2CCC(C2)C1C=O.CCC.CCC(C)C(C(CC)OC)N(C)C(=O)CNC.CCCCOP(O)CNC=O.COC(C(C)C)C1CCCN1C=O. The van der Waals surface area contributed by atoms with E-state index in [0.29, 0.717) is 43.4 Å². The van der Waals surface area contributed by atoms with E-state index in [1.807, 2.05) is 63.6 Å². The number of likely N-dealkylation sites (tertiary alicyclic amines) is 2. The van der Waals surface area contributed by atoms with Gasteiger partial charge in [0.25, 0.3) is 0 Å². The normalized spacial score (nSPS) is 20.4. The number of nitrogens with zero attached hydrogens (tertiary/aromatic N) is 3. The lowest BCUT2D eigenvalue weighted by molar-refractivity contribution is -0.135. The molecular weight excluding hydrogens is 886 g/mol. The Morgan fingerprint density at radius 1 is 1.00 bits per heavy atom. The molecule has 2 heterocycles. The molecule has 1 saturated carbocycles. The highest BCUT2D eigenvalue weighted by Gasteiger charge is 2.49. The second-order valence-electron chi connectivity index (χ2n) is 18.7. The summed E-state index contributed by atoms with van der Waals surface area (Å²) >= 11 is 0. The van der Waals surface area contributed by atoms with Crippen molar-refractivity contribution in [2.45, 2.75) is 196 Å². The van der Waals surface area contributed by atoms with Crippen LogP contribution < -0.4 is 10.6 Å². The fraction of sp³-hybridized carbons (Fsp3) is 0.788. The Labute approximate surface area is 415 Å². The fourth-order valence-corrected chi connectivity index (χ4v) is 8.64. The van der Waals surface area contributed by atoms with Gasteiger partial charge in [-0.3, -0.25) is 19.3 Å². The number of amides is 4. The van der Waals surface area contributed by atoms with Crippen molar-refractivity contribution in [1.29, 1.82) is 0 Å². The summed E-state index contributed by atoms with van der Waals surface area (Å²) in [5.41, 5.74) is 0.775. The fourth-order valence-electron chi connectivity index (χ4n) is 7.98. The van der Waals surface area contributed by atoms with Crippen LogP contribution in [-0.2, 0) is 37.9 Å². The Bertz CT molecular complexity index is 1390. The van der Waals surface area contributed by atoms with Crippen LogP contribution in [0.15, 0.2) is 36.5 Å². The van der Waals surface area contributed by atoms with Crippen molar-refractivity contribution in [3.8, 4) is 0 Å². The molecule has 2 bridgehead atoms. The minimum atomic E-state index is -1.44. The first-order chi connectivity index (χ1) is 32.2. The van der Waals surface area contributed by atoms with Crippen LogP contribution in [0.2, 0.25) is 0 Å². The van der Waals surface area contributed by atoms with E-state index in [9.17, 15) is 24.0 Å². The summed E-state index contributed by atoms with van der Waals surface area (Å²) in [6.45, 7) is 32.0. The van der Waals surface area contributed by atoms with Crippen LogP contribution in [0.1, 0.15) is 154 Å². The van der Waals surface area contributed by atoms with E-state index < -0.39 is 14.0 Å². The monoisotopic (exact) mass is 986 g/mol. The number of carbonyl (C=O) groups is 5. The number of allylic oxidation sites excluding steroid dienone is 5. The molecule has 15 nitrogen and oxygen atoms in total. The van der Waals surface area contributed by atoms with Gasteiger partial charge in [-0.25, -0.2) is 4.79 Å². The largest absolute Gasteiger partial charge is 0.444 e. The maximum atomic E-state index is 12.0. The van der Waals surface area contributed by atoms with Crippen molar-refractivity contribution in [3.63, 3.8) is 0 Å². The average molecular weight is 986 g/mol. The molecule has 9 atom stereocenters. The molecule has 16 heteroatoms. The molecular formula is C52H100N5O10P. The molecule has 3 rings (SSSR count). The van der Waals surface area contributed by atoms with Gasteiger partial charge in [0.05, 0.1) is 49.8 Å². The lowest BCUT2D eigenvalue weighted by atomic mass is 9.91. The van der Waals surface area contributed by atoms with Crippen molar-refractivity contribution >= 4 is 39.5 Å². The molecule has 0 aromatic rings. The van der Waals surface area contributed by atoms with Gasteiger partial charge in [0.1, 0.15) is 11.9 Å². The Kier molecular flexibility index (Phi) is 42.2. The molecule has 3 fully saturated rings. The summed E-state index contributed by atoms with van der Waals surface area (Å²) in [4.78, 5) is 69.8. The predicted molar refractivity (Wildman–Crippen MR) is 280 cm³/mol. The molecule has 68 heavy (non-hydrogen) atoms. The van der Waals surface area contributed by atoms with Crippen LogP contribution in [0.3, 0.4) is 0 Å². The maximum absolute atomic E-state index is 12.0. The van der Waals surface area contributed by atoms with Crippen LogP contribution in [-0.4, -0.2) is 147 Å². The van der Waals surface area contributed by atoms with Crippen molar-refractivity contribution in [3.05, 3.63) is 36.5 Å². The highest BCUT2D eigenvalue weighted by Crippen LogP contribution is 2.42. The number of unbranched alkanes of at least 4 members (excludes halogenated alkanes) is 1. The number of likely N-dealkylation sites (N-methyl/N-ethyl adjacent to an activating group) is 2. The molecule has 2 aliphatic heterocycles. The van der Waals surface area contributed by atoms with E-state index in [1.165, 1.54) is 12.0 Å². The molecule has 2 saturated heterocycles. The van der Waals surface area contributed by atoms with Gasteiger partial charge >= 0.3 is 6.09 Å². The van der Waals surface area contributed by atoms with Gasteiger partial charge in [0.15, 0.2) is 8.38 Å². The first kappa shape index (κ1) is 69.1. The third kappa shape index (κ3) is 29.1. The van der Waals surface area contributed by atoms with Gasteiger partial charge in [-0.15, -0.1) is 0 Å². The second-order valence-corrected chi connectivity index (χ2v) is 20.0. The quantitative estimate of drug-likeness (QED) is 0.0408. The molecule has 3 N–H and O–H groups in total. The number of rotatable bonds is 22. The molecule has 0 spiro atoms. The summed E-state index contributed by atoms with van der Waals surface area (Å²) in [5.74, 6) is 1.38. The number of methoxy groups -OCH3 is 2. The van der Waals surface area contributed by atoms with Crippen molar-refractivity contribution in [1.82, 2.24) is 25.3 Å². The number of piperidine rings is 1. The van der Waals surface area contributed by atoms with E-state index in [1.54, 1.807) is 32.2 Å². The van der Waals surface area contributed by atoms with Crippen molar-refractivity contribution in [2.24, 2.45) is 17.8 Å². The number of fused-ring (bicyclic) bond motifs is 2. The smallest absolute Gasteiger partial charge is 0.411 e. The van der Waals surface area contributed by atoms with Crippen molar-refractivity contribution in [2.75, 3.05) is 54.3 Å². The van der Waals surface area contributed by atoms with E-state index >= 15 is 0 Å². The number of carbonyl (C=O) groups excluding carboxylic acids is 5. The van der Waals surface area contributed by atoms with E-state index in [2.05, 4.69) is 78.7 Å². The number of nitrogens with one attached hydrogen (secondary N) is 2. The van der Waals surface area contributed by atoms with Gasteiger partial charge in [0, 0.05) is 33.9 Å². The summed E-state index contributed by atoms with van der Waals surface area (Å²) in [6.07, 6.45) is 20.8. The summed E-state index contributed by atoms with van der Waals surface area (Å²) < 4.78 is 21.3. The van der Waals surface area contributed by atoms with Gasteiger partial charge < -0.3 is 48.9 Å². The zero-order valence-corrected chi connectivity index (χ0v) is 46.6. The third-order valence-corrected chi connectivity index (χ3v) is 12.6. The van der Waals surface area contributed by atoms with Gasteiger partial charge in [-0.05, 0) is 104 Å². The first-order valence-electron chi connectivity index (χ1n) is 25.0. The second kappa shape index (κ2) is 41.6.